The lowest BCUT2D eigenvalue weighted by Gasteiger charge is -2.39. The fraction of sp³-hybridized carbons (Fsp3) is 0.909. The Morgan fingerprint density at radius 3 is 3.07 bits per heavy atom. The van der Waals surface area contributed by atoms with E-state index in [0.717, 1.165) is 26.2 Å². The maximum absolute atomic E-state index is 11.3. The number of nitrogens with two attached hydrogens (primary N) is 1. The molecule has 0 bridgehead atoms. The van der Waals surface area contributed by atoms with E-state index in [-0.39, 0.29) is 17.4 Å². The summed E-state index contributed by atoms with van der Waals surface area (Å²) in [5.41, 5.74) is 6.03. The topological polar surface area (TPSA) is 58.4 Å². The zero-order valence-corrected chi connectivity index (χ0v) is 9.46. The van der Waals surface area contributed by atoms with E-state index in [2.05, 4.69) is 10.2 Å². The Morgan fingerprint density at radius 2 is 2.47 bits per heavy atom. The molecule has 4 nitrogen and oxygen atoms in total. The van der Waals surface area contributed by atoms with E-state index in [1.807, 2.05) is 6.92 Å². The van der Waals surface area contributed by atoms with Gasteiger partial charge < -0.3 is 16.0 Å². The van der Waals surface area contributed by atoms with E-state index in [0.29, 0.717) is 6.42 Å². The van der Waals surface area contributed by atoms with Crippen LogP contribution in [0.2, 0.25) is 0 Å². The molecule has 4 heteroatoms. The van der Waals surface area contributed by atoms with Crippen LogP contribution in [0.4, 0.5) is 0 Å². The first-order chi connectivity index (χ1) is 7.10. The third-order valence-corrected chi connectivity index (χ3v) is 3.48. The average Bonchev–Trinajstić information content (AvgIpc) is 2.46. The van der Waals surface area contributed by atoms with Gasteiger partial charge in [-0.1, -0.05) is 0 Å². The van der Waals surface area contributed by atoms with Crippen molar-refractivity contribution in [2.24, 2.45) is 11.1 Å². The SMILES string of the molecule is CC(N)CN1CCCC2(CNC(=O)C2)C1. The van der Waals surface area contributed by atoms with Crippen LogP contribution < -0.4 is 11.1 Å². The van der Waals surface area contributed by atoms with Gasteiger partial charge in [-0.2, -0.15) is 0 Å². The minimum absolute atomic E-state index is 0.213. The molecule has 1 spiro atoms. The molecule has 0 aromatic rings. The summed E-state index contributed by atoms with van der Waals surface area (Å²) in [5, 5.41) is 2.96. The smallest absolute Gasteiger partial charge is 0.220 e. The van der Waals surface area contributed by atoms with Crippen LogP contribution in [0.1, 0.15) is 26.2 Å². The van der Waals surface area contributed by atoms with E-state index in [4.69, 9.17) is 5.73 Å². The summed E-state index contributed by atoms with van der Waals surface area (Å²) in [5.74, 6) is 0.220. The highest BCUT2D eigenvalue weighted by molar-refractivity contribution is 5.79. The van der Waals surface area contributed by atoms with Gasteiger partial charge in [-0.25, -0.2) is 0 Å². The van der Waals surface area contributed by atoms with Crippen molar-refractivity contribution in [2.45, 2.75) is 32.2 Å². The summed E-state index contributed by atoms with van der Waals surface area (Å²) in [6.07, 6.45) is 3.09. The van der Waals surface area contributed by atoms with Crippen LogP contribution in [-0.4, -0.2) is 43.0 Å². The van der Waals surface area contributed by atoms with Crippen molar-refractivity contribution in [2.75, 3.05) is 26.2 Å². The number of carbonyl (C=O) groups excluding carboxylic acids is 1. The number of nitrogens with zero attached hydrogens (tertiary/aromatic N) is 1. The van der Waals surface area contributed by atoms with Gasteiger partial charge in [0.15, 0.2) is 0 Å². The minimum Gasteiger partial charge on any atom is -0.355 e. The second-order valence-electron chi connectivity index (χ2n) is 5.27. The molecule has 2 aliphatic rings. The molecule has 0 aliphatic carbocycles. The Kier molecular flexibility index (Phi) is 2.98. The fourth-order valence-electron chi connectivity index (χ4n) is 2.91. The van der Waals surface area contributed by atoms with Crippen molar-refractivity contribution < 1.29 is 4.79 Å². The summed E-state index contributed by atoms with van der Waals surface area (Å²) in [6, 6.07) is 0.227. The van der Waals surface area contributed by atoms with Gasteiger partial charge in [-0.15, -0.1) is 0 Å². The molecule has 2 heterocycles. The van der Waals surface area contributed by atoms with Gasteiger partial charge in [0.05, 0.1) is 0 Å². The Balaban J connectivity index is 1.94. The quantitative estimate of drug-likeness (QED) is 0.672. The predicted octanol–water partition coefficient (Wildman–Crippen LogP) is -0.0643. The molecule has 3 N–H and O–H groups in total. The molecule has 1 amide bonds. The maximum atomic E-state index is 11.3. The molecule has 2 rings (SSSR count). The van der Waals surface area contributed by atoms with Crippen molar-refractivity contribution in [3.63, 3.8) is 0 Å². The Labute approximate surface area is 91.2 Å². The van der Waals surface area contributed by atoms with Crippen LogP contribution >= 0.6 is 0 Å². The molecule has 2 saturated heterocycles. The summed E-state index contributed by atoms with van der Waals surface area (Å²) < 4.78 is 0. The Bertz CT molecular complexity index is 254. The largest absolute Gasteiger partial charge is 0.355 e. The molecular weight excluding hydrogens is 190 g/mol. The molecular formula is C11H21N3O. The molecule has 86 valence electrons. The first-order valence-corrected chi connectivity index (χ1v) is 5.84. The van der Waals surface area contributed by atoms with Gasteiger partial charge in [0, 0.05) is 37.5 Å². The second kappa shape index (κ2) is 4.10. The lowest BCUT2D eigenvalue weighted by Crippen LogP contribution is -2.47. The zero-order valence-electron chi connectivity index (χ0n) is 9.46. The summed E-state index contributed by atoms with van der Waals surface area (Å²) in [7, 11) is 0. The van der Waals surface area contributed by atoms with Crippen LogP contribution in [0.3, 0.4) is 0 Å². The van der Waals surface area contributed by atoms with E-state index in [9.17, 15) is 4.79 Å². The van der Waals surface area contributed by atoms with Crippen LogP contribution in [0.15, 0.2) is 0 Å². The summed E-state index contributed by atoms with van der Waals surface area (Å²) in [4.78, 5) is 13.7. The number of hydrogen-bond acceptors (Lipinski definition) is 3. The van der Waals surface area contributed by atoms with Crippen molar-refractivity contribution in [1.82, 2.24) is 10.2 Å². The van der Waals surface area contributed by atoms with Gasteiger partial charge in [0.25, 0.3) is 0 Å². The van der Waals surface area contributed by atoms with Crippen molar-refractivity contribution >= 4 is 5.91 Å². The number of piperidine rings is 1. The monoisotopic (exact) mass is 211 g/mol. The second-order valence-corrected chi connectivity index (χ2v) is 5.27. The number of amides is 1. The molecule has 2 unspecified atom stereocenters. The summed E-state index contributed by atoms with van der Waals surface area (Å²) >= 11 is 0. The van der Waals surface area contributed by atoms with Crippen LogP contribution in [0.25, 0.3) is 0 Å². The molecule has 0 aromatic heterocycles. The van der Waals surface area contributed by atoms with Gasteiger partial charge >= 0.3 is 0 Å². The molecule has 2 atom stereocenters. The Hall–Kier alpha value is -0.610. The van der Waals surface area contributed by atoms with E-state index in [1.54, 1.807) is 0 Å². The first kappa shape index (κ1) is 10.9. The molecule has 2 aliphatic heterocycles. The van der Waals surface area contributed by atoms with Gasteiger partial charge in [-0.05, 0) is 26.3 Å². The third-order valence-electron chi connectivity index (χ3n) is 3.48. The zero-order chi connectivity index (χ0) is 10.9. The number of likely N-dealkylation sites (tertiary alicyclic amines) is 1. The first-order valence-electron chi connectivity index (χ1n) is 5.84. The van der Waals surface area contributed by atoms with Gasteiger partial charge in [0.2, 0.25) is 5.91 Å². The average molecular weight is 211 g/mol. The van der Waals surface area contributed by atoms with E-state index < -0.39 is 0 Å². The minimum atomic E-state index is 0.213. The number of nitrogens with one attached hydrogen (secondary N) is 1. The molecule has 2 fully saturated rings. The highest BCUT2D eigenvalue weighted by Gasteiger charge is 2.41. The van der Waals surface area contributed by atoms with E-state index >= 15 is 0 Å². The Morgan fingerprint density at radius 1 is 1.67 bits per heavy atom. The van der Waals surface area contributed by atoms with Crippen molar-refractivity contribution in [1.29, 1.82) is 0 Å². The highest BCUT2D eigenvalue weighted by atomic mass is 16.1. The lowest BCUT2D eigenvalue weighted by atomic mass is 9.79. The van der Waals surface area contributed by atoms with Crippen molar-refractivity contribution in [3.8, 4) is 0 Å². The van der Waals surface area contributed by atoms with Gasteiger partial charge in [-0.3, -0.25) is 4.79 Å². The van der Waals surface area contributed by atoms with Crippen molar-refractivity contribution in [3.05, 3.63) is 0 Å². The van der Waals surface area contributed by atoms with Crippen LogP contribution in [-0.2, 0) is 4.79 Å². The third kappa shape index (κ3) is 2.49. The normalized spacial score (nSPS) is 34.4. The predicted molar refractivity (Wildman–Crippen MR) is 59.4 cm³/mol. The molecule has 0 radical (unpaired) electrons. The standard InChI is InChI=1S/C11H21N3O/c1-9(12)6-14-4-2-3-11(8-14)5-10(15)13-7-11/h9H,2-8,12H2,1H3,(H,13,15). The van der Waals surface area contributed by atoms with Crippen LogP contribution in [0.5, 0.6) is 0 Å². The number of hydrogen-bond donors (Lipinski definition) is 2. The number of carbonyl (C=O) groups is 1. The molecule has 0 aromatic carbocycles. The van der Waals surface area contributed by atoms with E-state index in [1.165, 1.54) is 12.8 Å². The summed E-state index contributed by atoms with van der Waals surface area (Å²) in [6.45, 7) is 6.03. The number of rotatable bonds is 2. The van der Waals surface area contributed by atoms with Gasteiger partial charge in [0.1, 0.15) is 0 Å². The highest BCUT2D eigenvalue weighted by Crippen LogP contribution is 2.35. The molecule has 0 saturated carbocycles. The van der Waals surface area contributed by atoms with Crippen LogP contribution in [0, 0.1) is 5.41 Å². The molecule has 15 heavy (non-hydrogen) atoms. The fourth-order valence-corrected chi connectivity index (χ4v) is 2.91. The maximum Gasteiger partial charge on any atom is 0.220 e. The lowest BCUT2D eigenvalue weighted by molar-refractivity contribution is -0.119.